The molecule has 6 nitrogen and oxygen atoms in total. The molecule has 0 spiro atoms. The van der Waals surface area contributed by atoms with Crippen molar-refractivity contribution in [2.45, 2.75) is 32.8 Å². The first kappa shape index (κ1) is 12.6. The molecule has 0 aromatic carbocycles. The lowest BCUT2D eigenvalue weighted by Gasteiger charge is -2.10. The van der Waals surface area contributed by atoms with E-state index in [1.54, 1.807) is 0 Å². The van der Waals surface area contributed by atoms with Crippen molar-refractivity contribution in [3.63, 3.8) is 0 Å². The molecule has 3 rings (SSSR count). The molecule has 7 heteroatoms. The van der Waals surface area contributed by atoms with Gasteiger partial charge in [0.05, 0.1) is 11.3 Å². The summed E-state index contributed by atoms with van der Waals surface area (Å²) in [7, 11) is 0. The molecule has 0 amide bonds. The van der Waals surface area contributed by atoms with E-state index in [1.807, 2.05) is 13.8 Å². The van der Waals surface area contributed by atoms with Gasteiger partial charge in [0.15, 0.2) is 0 Å². The molecule has 1 atom stereocenters. The van der Waals surface area contributed by atoms with Gasteiger partial charge in [0.2, 0.25) is 5.82 Å². The van der Waals surface area contributed by atoms with Crippen LogP contribution in [0.2, 0.25) is 0 Å². The molecular weight excluding hydrogens is 264 g/mol. The Bertz CT molecular complexity index is 557. The average molecular weight is 280 g/mol. The lowest BCUT2D eigenvalue weighted by Crippen LogP contribution is -2.08. The van der Waals surface area contributed by atoms with Gasteiger partial charge in [-0.15, -0.1) is 0 Å². The Hall–Kier alpha value is -1.47. The zero-order valence-corrected chi connectivity index (χ0v) is 11.7. The highest BCUT2D eigenvalue weighted by Crippen LogP contribution is 2.43. The molecule has 1 aliphatic rings. The first-order chi connectivity index (χ1) is 9.20. The van der Waals surface area contributed by atoms with Crippen LogP contribution in [0.25, 0.3) is 11.5 Å². The van der Waals surface area contributed by atoms with Crippen molar-refractivity contribution in [2.24, 2.45) is 5.92 Å². The van der Waals surface area contributed by atoms with Crippen molar-refractivity contribution < 1.29 is 9.26 Å². The van der Waals surface area contributed by atoms with E-state index in [1.165, 1.54) is 11.5 Å². The Balaban J connectivity index is 1.90. The molecule has 2 N–H and O–H groups in total. The van der Waals surface area contributed by atoms with E-state index in [-0.39, 0.29) is 6.10 Å². The standard InChI is InChI=1S/C12H16N4O2S/c1-3-17-9(7-4-5-7)11-14-12(18-15-11)8-6(2)16-19-10(8)13/h7,9H,3-5,13H2,1-2H3. The second-order valence-electron chi connectivity index (χ2n) is 4.68. The minimum absolute atomic E-state index is 0.0596. The van der Waals surface area contributed by atoms with Crippen LogP contribution in [0.5, 0.6) is 0 Å². The summed E-state index contributed by atoms with van der Waals surface area (Å²) in [6, 6.07) is 0. The Kier molecular flexibility index (Phi) is 3.24. The summed E-state index contributed by atoms with van der Waals surface area (Å²) >= 11 is 1.24. The SMILES string of the molecule is CCOC(c1noc(-c2c(C)nsc2N)n1)C1CC1. The number of aryl methyl sites for hydroxylation is 1. The number of hydrogen-bond acceptors (Lipinski definition) is 7. The van der Waals surface area contributed by atoms with Gasteiger partial charge in [0.25, 0.3) is 5.89 Å². The largest absolute Gasteiger partial charge is 0.389 e. The first-order valence-corrected chi connectivity index (χ1v) is 7.15. The average Bonchev–Trinajstić information content (AvgIpc) is 3.03. The van der Waals surface area contributed by atoms with Crippen LogP contribution in [0.3, 0.4) is 0 Å². The fourth-order valence-electron chi connectivity index (χ4n) is 2.10. The van der Waals surface area contributed by atoms with Crippen molar-refractivity contribution in [3.05, 3.63) is 11.5 Å². The fourth-order valence-corrected chi connectivity index (χ4v) is 2.75. The number of hydrogen-bond donors (Lipinski definition) is 1. The van der Waals surface area contributed by atoms with Gasteiger partial charge >= 0.3 is 0 Å². The minimum atomic E-state index is -0.0596. The maximum atomic E-state index is 5.89. The Morgan fingerprint density at radius 2 is 2.32 bits per heavy atom. The highest BCUT2D eigenvalue weighted by molar-refractivity contribution is 7.10. The number of aromatic nitrogens is 3. The van der Waals surface area contributed by atoms with Crippen molar-refractivity contribution in [1.82, 2.24) is 14.5 Å². The van der Waals surface area contributed by atoms with Crippen LogP contribution in [0, 0.1) is 12.8 Å². The summed E-state index contributed by atoms with van der Waals surface area (Å²) in [5.41, 5.74) is 7.45. The van der Waals surface area contributed by atoms with Crippen LogP contribution in [0.4, 0.5) is 5.00 Å². The van der Waals surface area contributed by atoms with Crippen molar-refractivity contribution in [1.29, 1.82) is 0 Å². The zero-order valence-electron chi connectivity index (χ0n) is 10.9. The van der Waals surface area contributed by atoms with Gasteiger partial charge in [0.1, 0.15) is 11.1 Å². The normalized spacial score (nSPS) is 16.7. The van der Waals surface area contributed by atoms with Crippen LogP contribution in [0.15, 0.2) is 4.52 Å². The van der Waals surface area contributed by atoms with E-state index in [4.69, 9.17) is 15.0 Å². The van der Waals surface area contributed by atoms with E-state index < -0.39 is 0 Å². The highest BCUT2D eigenvalue weighted by Gasteiger charge is 2.36. The van der Waals surface area contributed by atoms with Crippen LogP contribution in [0.1, 0.15) is 37.4 Å². The third kappa shape index (κ3) is 2.35. The molecule has 0 radical (unpaired) electrons. The Morgan fingerprint density at radius 3 is 2.89 bits per heavy atom. The Labute approximate surface area is 115 Å². The van der Waals surface area contributed by atoms with Crippen LogP contribution in [-0.2, 0) is 4.74 Å². The molecular formula is C12H16N4O2S. The number of rotatable bonds is 5. The summed E-state index contributed by atoms with van der Waals surface area (Å²) < 4.78 is 15.2. The zero-order chi connectivity index (χ0) is 13.4. The lowest BCUT2D eigenvalue weighted by atomic mass is 10.2. The van der Waals surface area contributed by atoms with Gasteiger partial charge in [-0.1, -0.05) is 5.16 Å². The second kappa shape index (κ2) is 4.90. The molecule has 2 aromatic rings. The highest BCUT2D eigenvalue weighted by atomic mass is 32.1. The van der Waals surface area contributed by atoms with Crippen LogP contribution in [-0.4, -0.2) is 21.1 Å². The molecule has 2 aromatic heterocycles. The maximum Gasteiger partial charge on any atom is 0.262 e. The molecule has 102 valence electrons. The van der Waals surface area contributed by atoms with Crippen molar-refractivity contribution in [2.75, 3.05) is 12.3 Å². The molecule has 19 heavy (non-hydrogen) atoms. The quantitative estimate of drug-likeness (QED) is 0.905. The summed E-state index contributed by atoms with van der Waals surface area (Å²) in [5, 5.41) is 4.65. The summed E-state index contributed by atoms with van der Waals surface area (Å²) in [6.45, 7) is 4.50. The van der Waals surface area contributed by atoms with Gasteiger partial charge in [-0.3, -0.25) is 0 Å². The predicted molar refractivity (Wildman–Crippen MR) is 71.6 cm³/mol. The van der Waals surface area contributed by atoms with Gasteiger partial charge in [-0.2, -0.15) is 9.36 Å². The summed E-state index contributed by atoms with van der Waals surface area (Å²) in [4.78, 5) is 4.44. The third-order valence-corrected chi connectivity index (χ3v) is 3.96. The Morgan fingerprint density at radius 1 is 1.53 bits per heavy atom. The number of anilines is 1. The second-order valence-corrected chi connectivity index (χ2v) is 5.48. The van der Waals surface area contributed by atoms with Gasteiger partial charge in [-0.05, 0) is 44.1 Å². The van der Waals surface area contributed by atoms with Gasteiger partial charge in [-0.25, -0.2) is 0 Å². The number of ether oxygens (including phenoxy) is 1. The van der Waals surface area contributed by atoms with E-state index in [0.717, 1.165) is 24.1 Å². The third-order valence-electron chi connectivity index (χ3n) is 3.20. The summed E-state index contributed by atoms with van der Waals surface area (Å²) in [6.07, 6.45) is 2.27. The molecule has 0 aliphatic heterocycles. The molecule has 1 saturated carbocycles. The molecule has 0 bridgehead atoms. The number of nitrogens with two attached hydrogens (primary N) is 1. The van der Waals surface area contributed by atoms with E-state index >= 15 is 0 Å². The minimum Gasteiger partial charge on any atom is -0.389 e. The maximum absolute atomic E-state index is 5.89. The number of nitrogen functional groups attached to an aromatic ring is 1. The number of nitrogens with zero attached hydrogens (tertiary/aromatic N) is 3. The van der Waals surface area contributed by atoms with Crippen LogP contribution >= 0.6 is 11.5 Å². The topological polar surface area (TPSA) is 87.1 Å². The van der Waals surface area contributed by atoms with Gasteiger partial charge in [0, 0.05) is 6.61 Å². The monoisotopic (exact) mass is 280 g/mol. The van der Waals surface area contributed by atoms with Crippen LogP contribution < -0.4 is 5.73 Å². The predicted octanol–water partition coefficient (Wildman–Crippen LogP) is 2.57. The molecule has 0 saturated heterocycles. The first-order valence-electron chi connectivity index (χ1n) is 6.38. The molecule has 1 fully saturated rings. The smallest absolute Gasteiger partial charge is 0.262 e. The van der Waals surface area contributed by atoms with Crippen molar-refractivity contribution in [3.8, 4) is 11.5 Å². The van der Waals surface area contributed by atoms with E-state index in [9.17, 15) is 0 Å². The molecule has 1 aliphatic carbocycles. The fraction of sp³-hybridized carbons (Fsp3) is 0.583. The molecule has 1 unspecified atom stereocenters. The van der Waals surface area contributed by atoms with E-state index in [0.29, 0.717) is 29.2 Å². The van der Waals surface area contributed by atoms with Gasteiger partial charge < -0.3 is 15.0 Å². The van der Waals surface area contributed by atoms with E-state index in [2.05, 4.69) is 14.5 Å². The molecule has 2 heterocycles. The lowest BCUT2D eigenvalue weighted by molar-refractivity contribution is 0.0385. The van der Waals surface area contributed by atoms with Crippen molar-refractivity contribution >= 4 is 16.5 Å². The summed E-state index contributed by atoms with van der Waals surface area (Å²) in [5.74, 6) is 1.57.